The molecule has 0 bridgehead atoms. The molecule has 0 radical (unpaired) electrons. The van der Waals surface area contributed by atoms with Crippen LogP contribution in [-0.4, -0.2) is 20.1 Å². The molecule has 0 heterocycles. The van der Waals surface area contributed by atoms with Crippen molar-refractivity contribution in [2.24, 2.45) is 5.41 Å². The zero-order valence-electron chi connectivity index (χ0n) is 13.2. The Labute approximate surface area is 128 Å². The fraction of sp³-hybridized carbons (Fsp3) is 0.625. The Balaban J connectivity index is 2.63. The molecule has 0 aliphatic carbocycles. The van der Waals surface area contributed by atoms with Crippen molar-refractivity contribution in [3.05, 3.63) is 29.8 Å². The molecule has 0 saturated carbocycles. The molecule has 0 unspecified atom stereocenters. The maximum absolute atomic E-state index is 12.2. The van der Waals surface area contributed by atoms with Gasteiger partial charge in [-0.3, -0.25) is 0 Å². The predicted octanol–water partition coefficient (Wildman–Crippen LogP) is 3.06. The first kappa shape index (κ1) is 18.1. The number of hydrogen-bond donors (Lipinski definition) is 2. The lowest BCUT2D eigenvalue weighted by Crippen LogP contribution is -2.34. The van der Waals surface area contributed by atoms with E-state index in [9.17, 15) is 8.42 Å². The van der Waals surface area contributed by atoms with Crippen LogP contribution in [0.1, 0.15) is 52.0 Å². The molecule has 0 atom stereocenters. The van der Waals surface area contributed by atoms with Gasteiger partial charge in [-0.1, -0.05) is 52.2 Å². The van der Waals surface area contributed by atoms with Gasteiger partial charge in [-0.05, 0) is 29.5 Å². The molecule has 0 spiro atoms. The molecule has 0 fully saturated rings. The summed E-state index contributed by atoms with van der Waals surface area (Å²) in [5.41, 5.74) is 0.654. The Kier molecular flexibility index (Phi) is 6.84. The van der Waals surface area contributed by atoms with Gasteiger partial charge < -0.3 is 5.11 Å². The Morgan fingerprint density at radius 2 is 1.76 bits per heavy atom. The topological polar surface area (TPSA) is 66.4 Å². The number of sulfonamides is 1. The molecule has 21 heavy (non-hydrogen) atoms. The molecule has 2 N–H and O–H groups in total. The smallest absolute Gasteiger partial charge is 0.240 e. The minimum Gasteiger partial charge on any atom is -0.392 e. The molecule has 0 amide bonds. The SMILES string of the molecule is CCCCCC(C)(C)CNS(=O)(=O)c1ccc(CO)cc1. The zero-order chi connectivity index (χ0) is 15.9. The van der Waals surface area contributed by atoms with Crippen LogP contribution in [-0.2, 0) is 16.6 Å². The van der Waals surface area contributed by atoms with Crippen LogP contribution in [0.2, 0.25) is 0 Å². The van der Waals surface area contributed by atoms with E-state index in [0.717, 1.165) is 12.8 Å². The van der Waals surface area contributed by atoms with Crippen LogP contribution in [0.4, 0.5) is 0 Å². The number of aliphatic hydroxyl groups is 1. The molecule has 4 nitrogen and oxygen atoms in total. The number of rotatable bonds is 9. The van der Waals surface area contributed by atoms with Crippen molar-refractivity contribution in [1.82, 2.24) is 4.72 Å². The first-order valence-electron chi connectivity index (χ1n) is 7.50. The number of benzene rings is 1. The maximum Gasteiger partial charge on any atom is 0.240 e. The molecular formula is C16H27NO3S. The lowest BCUT2D eigenvalue weighted by atomic mass is 9.87. The lowest BCUT2D eigenvalue weighted by Gasteiger charge is -2.24. The van der Waals surface area contributed by atoms with Crippen molar-refractivity contribution >= 4 is 10.0 Å². The van der Waals surface area contributed by atoms with Crippen molar-refractivity contribution < 1.29 is 13.5 Å². The highest BCUT2D eigenvalue weighted by atomic mass is 32.2. The second-order valence-electron chi connectivity index (χ2n) is 6.25. The van der Waals surface area contributed by atoms with Gasteiger partial charge in [0.05, 0.1) is 11.5 Å². The van der Waals surface area contributed by atoms with Crippen LogP contribution < -0.4 is 4.72 Å². The average Bonchev–Trinajstić information content (AvgIpc) is 2.46. The summed E-state index contributed by atoms with van der Waals surface area (Å²) in [6.07, 6.45) is 4.47. The Hall–Kier alpha value is -0.910. The van der Waals surface area contributed by atoms with E-state index in [1.165, 1.54) is 25.0 Å². The summed E-state index contributed by atoms with van der Waals surface area (Å²) in [6.45, 7) is 6.67. The van der Waals surface area contributed by atoms with Crippen LogP contribution in [0.25, 0.3) is 0 Å². The minimum atomic E-state index is -3.48. The largest absolute Gasteiger partial charge is 0.392 e. The molecule has 0 saturated heterocycles. The van der Waals surface area contributed by atoms with Gasteiger partial charge in [0.2, 0.25) is 10.0 Å². The highest BCUT2D eigenvalue weighted by Gasteiger charge is 2.21. The summed E-state index contributed by atoms with van der Waals surface area (Å²) >= 11 is 0. The van der Waals surface area contributed by atoms with Gasteiger partial charge in [0.25, 0.3) is 0 Å². The fourth-order valence-electron chi connectivity index (χ4n) is 2.09. The van der Waals surface area contributed by atoms with Crippen molar-refractivity contribution in [3.63, 3.8) is 0 Å². The van der Waals surface area contributed by atoms with Crippen molar-refractivity contribution in [2.45, 2.75) is 58.0 Å². The van der Waals surface area contributed by atoms with Gasteiger partial charge >= 0.3 is 0 Å². The fourth-order valence-corrected chi connectivity index (χ4v) is 3.33. The van der Waals surface area contributed by atoms with Crippen molar-refractivity contribution in [3.8, 4) is 0 Å². The average molecular weight is 313 g/mol. The van der Waals surface area contributed by atoms with E-state index in [0.29, 0.717) is 12.1 Å². The monoisotopic (exact) mass is 313 g/mol. The standard InChI is InChI=1S/C16H27NO3S/c1-4-5-6-11-16(2,3)13-17-21(19,20)15-9-7-14(12-18)8-10-15/h7-10,17-18H,4-6,11-13H2,1-3H3. The molecule has 1 aromatic rings. The minimum absolute atomic E-state index is 0.0483. The van der Waals surface area contributed by atoms with Crippen LogP contribution in [0.5, 0.6) is 0 Å². The summed E-state index contributed by atoms with van der Waals surface area (Å²) in [7, 11) is -3.48. The second-order valence-corrected chi connectivity index (χ2v) is 8.01. The maximum atomic E-state index is 12.2. The van der Waals surface area contributed by atoms with Gasteiger partial charge in [0, 0.05) is 6.54 Å². The second kappa shape index (κ2) is 7.92. The number of hydrogen-bond acceptors (Lipinski definition) is 3. The highest BCUT2D eigenvalue weighted by Crippen LogP contribution is 2.23. The van der Waals surface area contributed by atoms with Crippen molar-refractivity contribution in [1.29, 1.82) is 0 Å². The molecule has 0 aliphatic rings. The Morgan fingerprint density at radius 3 is 2.29 bits per heavy atom. The number of aliphatic hydroxyl groups excluding tert-OH is 1. The molecule has 5 heteroatoms. The molecule has 1 rings (SSSR count). The molecule has 0 aromatic heterocycles. The van der Waals surface area contributed by atoms with Crippen molar-refractivity contribution in [2.75, 3.05) is 6.54 Å². The van der Waals surface area contributed by atoms with Crippen LogP contribution in [0, 0.1) is 5.41 Å². The number of nitrogens with one attached hydrogen (secondary N) is 1. The van der Waals surface area contributed by atoms with Gasteiger partial charge in [-0.15, -0.1) is 0 Å². The third-order valence-corrected chi connectivity index (χ3v) is 5.03. The van der Waals surface area contributed by atoms with E-state index in [2.05, 4.69) is 25.5 Å². The molecule has 1 aromatic carbocycles. The van der Waals surface area contributed by atoms with E-state index in [1.807, 2.05) is 0 Å². The van der Waals surface area contributed by atoms with Crippen LogP contribution >= 0.6 is 0 Å². The van der Waals surface area contributed by atoms with E-state index < -0.39 is 10.0 Å². The highest BCUT2D eigenvalue weighted by molar-refractivity contribution is 7.89. The van der Waals surface area contributed by atoms with Gasteiger partial charge in [0.1, 0.15) is 0 Å². The summed E-state index contributed by atoms with van der Waals surface area (Å²) in [5, 5.41) is 8.98. The molecule has 0 aliphatic heterocycles. The lowest BCUT2D eigenvalue weighted by molar-refractivity contribution is 0.282. The van der Waals surface area contributed by atoms with Gasteiger partial charge in [0.15, 0.2) is 0 Å². The third kappa shape index (κ3) is 6.16. The molecular weight excluding hydrogens is 286 g/mol. The summed E-state index contributed by atoms with van der Waals surface area (Å²) in [4.78, 5) is 0.240. The Morgan fingerprint density at radius 1 is 1.14 bits per heavy atom. The quantitative estimate of drug-likeness (QED) is 0.689. The third-order valence-electron chi connectivity index (χ3n) is 3.61. The summed E-state index contributed by atoms with van der Waals surface area (Å²) in [6, 6.07) is 6.30. The van der Waals surface area contributed by atoms with Gasteiger partial charge in [-0.25, -0.2) is 13.1 Å². The normalized spacial score (nSPS) is 12.6. The predicted molar refractivity (Wildman–Crippen MR) is 85.5 cm³/mol. The van der Waals surface area contributed by atoms with E-state index in [-0.39, 0.29) is 16.9 Å². The van der Waals surface area contributed by atoms with E-state index in [4.69, 9.17) is 5.11 Å². The summed E-state index contributed by atoms with van der Waals surface area (Å²) in [5.74, 6) is 0. The summed E-state index contributed by atoms with van der Waals surface area (Å²) < 4.78 is 27.2. The molecule has 120 valence electrons. The number of unbranched alkanes of at least 4 members (excludes halogenated alkanes) is 2. The van der Waals surface area contributed by atoms with E-state index >= 15 is 0 Å². The Bertz CT molecular complexity index is 521. The van der Waals surface area contributed by atoms with Crippen LogP contribution in [0.15, 0.2) is 29.2 Å². The van der Waals surface area contributed by atoms with Crippen LogP contribution in [0.3, 0.4) is 0 Å². The van der Waals surface area contributed by atoms with Gasteiger partial charge in [-0.2, -0.15) is 0 Å². The zero-order valence-corrected chi connectivity index (χ0v) is 14.0. The first-order valence-corrected chi connectivity index (χ1v) is 8.98. The van der Waals surface area contributed by atoms with E-state index in [1.54, 1.807) is 12.1 Å². The first-order chi connectivity index (χ1) is 9.80.